The third-order valence-corrected chi connectivity index (χ3v) is 1.44. The lowest BCUT2D eigenvalue weighted by atomic mass is 10.2. The minimum absolute atomic E-state index is 0.355. The number of rotatable bonds is 4. The summed E-state index contributed by atoms with van der Waals surface area (Å²) in [6.45, 7) is 3.18. The SMILES string of the molecule is CC[C@@H](NC(=O)C(C)N)C(=O)O. The van der Waals surface area contributed by atoms with Crippen molar-refractivity contribution in [3.05, 3.63) is 0 Å². The van der Waals surface area contributed by atoms with E-state index in [-0.39, 0.29) is 0 Å². The summed E-state index contributed by atoms with van der Waals surface area (Å²) in [7, 11) is 0. The Morgan fingerprint density at radius 1 is 1.58 bits per heavy atom. The lowest BCUT2D eigenvalue weighted by Gasteiger charge is -2.13. The molecule has 1 amide bonds. The summed E-state index contributed by atoms with van der Waals surface area (Å²) in [5.41, 5.74) is 5.23. The lowest BCUT2D eigenvalue weighted by molar-refractivity contribution is -0.142. The van der Waals surface area contributed by atoms with Gasteiger partial charge in [-0.3, -0.25) is 4.79 Å². The van der Waals surface area contributed by atoms with Gasteiger partial charge in [0.15, 0.2) is 0 Å². The van der Waals surface area contributed by atoms with Crippen molar-refractivity contribution in [2.45, 2.75) is 32.4 Å². The first-order valence-corrected chi connectivity index (χ1v) is 3.77. The summed E-state index contributed by atoms with van der Waals surface area (Å²) in [6.07, 6.45) is 0.355. The lowest BCUT2D eigenvalue weighted by Crippen LogP contribution is -2.46. The van der Waals surface area contributed by atoms with Crippen LogP contribution in [-0.2, 0) is 9.59 Å². The first-order chi connectivity index (χ1) is 5.49. The summed E-state index contributed by atoms with van der Waals surface area (Å²) in [5.74, 6) is -1.48. The van der Waals surface area contributed by atoms with Gasteiger partial charge in [-0.15, -0.1) is 0 Å². The molecule has 70 valence electrons. The van der Waals surface area contributed by atoms with Crippen LogP contribution in [0.25, 0.3) is 0 Å². The molecule has 0 aromatic heterocycles. The van der Waals surface area contributed by atoms with E-state index in [4.69, 9.17) is 10.8 Å². The molecule has 4 N–H and O–H groups in total. The van der Waals surface area contributed by atoms with E-state index in [0.29, 0.717) is 6.42 Å². The Labute approximate surface area is 70.9 Å². The van der Waals surface area contributed by atoms with Gasteiger partial charge in [-0.2, -0.15) is 0 Å². The van der Waals surface area contributed by atoms with Crippen LogP contribution in [0.1, 0.15) is 20.3 Å². The van der Waals surface area contributed by atoms with E-state index in [0.717, 1.165) is 0 Å². The number of nitrogens with one attached hydrogen (secondary N) is 1. The maximum Gasteiger partial charge on any atom is 0.326 e. The molecule has 0 aromatic carbocycles. The number of carboxylic acids is 1. The minimum atomic E-state index is -1.04. The predicted octanol–water partition coefficient (Wildman–Crippen LogP) is -0.687. The molecule has 5 nitrogen and oxygen atoms in total. The summed E-state index contributed by atoms with van der Waals surface area (Å²) in [5, 5.41) is 10.9. The second-order valence-electron chi connectivity index (χ2n) is 2.60. The largest absolute Gasteiger partial charge is 0.480 e. The van der Waals surface area contributed by atoms with Crippen LogP contribution in [0.4, 0.5) is 0 Å². The van der Waals surface area contributed by atoms with Gasteiger partial charge >= 0.3 is 5.97 Å². The maximum absolute atomic E-state index is 10.9. The number of amides is 1. The molecule has 0 rings (SSSR count). The van der Waals surface area contributed by atoms with E-state index < -0.39 is 24.0 Å². The summed E-state index contributed by atoms with van der Waals surface area (Å²) in [6, 6.07) is -1.50. The quantitative estimate of drug-likeness (QED) is 0.526. The predicted molar refractivity (Wildman–Crippen MR) is 43.5 cm³/mol. The van der Waals surface area contributed by atoms with Crippen LogP contribution >= 0.6 is 0 Å². The molecule has 2 atom stereocenters. The fourth-order valence-corrected chi connectivity index (χ4v) is 0.642. The molecular formula is C7H14N2O3. The number of nitrogens with two attached hydrogens (primary N) is 1. The molecule has 12 heavy (non-hydrogen) atoms. The van der Waals surface area contributed by atoms with Gasteiger partial charge < -0.3 is 16.2 Å². The van der Waals surface area contributed by atoms with Gasteiger partial charge in [-0.25, -0.2) is 4.79 Å². The molecule has 0 aromatic rings. The highest BCUT2D eigenvalue weighted by atomic mass is 16.4. The molecule has 1 unspecified atom stereocenters. The van der Waals surface area contributed by atoms with E-state index in [1.54, 1.807) is 6.92 Å². The number of hydrogen-bond acceptors (Lipinski definition) is 3. The molecule has 0 aliphatic rings. The monoisotopic (exact) mass is 174 g/mol. The fraction of sp³-hybridized carbons (Fsp3) is 0.714. The van der Waals surface area contributed by atoms with Gasteiger partial charge in [0.05, 0.1) is 6.04 Å². The topological polar surface area (TPSA) is 92.4 Å². The summed E-state index contributed by atoms with van der Waals surface area (Å²) in [4.78, 5) is 21.4. The van der Waals surface area contributed by atoms with Crippen LogP contribution in [0.3, 0.4) is 0 Å². The molecule has 0 fully saturated rings. The number of carbonyl (C=O) groups is 2. The molecule has 5 heteroatoms. The van der Waals surface area contributed by atoms with Crippen molar-refractivity contribution in [1.29, 1.82) is 0 Å². The van der Waals surface area contributed by atoms with Crippen molar-refractivity contribution in [3.8, 4) is 0 Å². The van der Waals surface area contributed by atoms with Crippen molar-refractivity contribution in [1.82, 2.24) is 5.32 Å². The second kappa shape index (κ2) is 4.71. The molecule has 0 saturated heterocycles. The Morgan fingerprint density at radius 2 is 2.08 bits per heavy atom. The van der Waals surface area contributed by atoms with E-state index >= 15 is 0 Å². The summed E-state index contributed by atoms with van der Waals surface area (Å²) >= 11 is 0. The highest BCUT2D eigenvalue weighted by Crippen LogP contribution is 1.91. The average Bonchev–Trinajstić information content (AvgIpc) is 1.98. The highest BCUT2D eigenvalue weighted by Gasteiger charge is 2.18. The Kier molecular flexibility index (Phi) is 4.28. The Balaban J connectivity index is 4.03. The zero-order chi connectivity index (χ0) is 9.72. The van der Waals surface area contributed by atoms with Gasteiger partial charge in [0.25, 0.3) is 0 Å². The number of carbonyl (C=O) groups excluding carboxylic acids is 1. The van der Waals surface area contributed by atoms with Crippen LogP contribution < -0.4 is 11.1 Å². The van der Waals surface area contributed by atoms with E-state index in [1.807, 2.05) is 0 Å². The van der Waals surface area contributed by atoms with Crippen molar-refractivity contribution >= 4 is 11.9 Å². The average molecular weight is 174 g/mol. The smallest absolute Gasteiger partial charge is 0.326 e. The third-order valence-electron chi connectivity index (χ3n) is 1.44. The summed E-state index contributed by atoms with van der Waals surface area (Å²) < 4.78 is 0. The van der Waals surface area contributed by atoms with Crippen LogP contribution in [0.2, 0.25) is 0 Å². The molecule has 0 aliphatic carbocycles. The first-order valence-electron chi connectivity index (χ1n) is 3.77. The molecule has 0 spiro atoms. The van der Waals surface area contributed by atoms with Crippen molar-refractivity contribution in [3.63, 3.8) is 0 Å². The number of carboxylic acid groups (broad SMARTS) is 1. The standard InChI is InChI=1S/C7H14N2O3/c1-3-5(7(11)12)9-6(10)4(2)8/h4-5H,3,8H2,1-2H3,(H,9,10)(H,11,12)/t4?,5-/m1/s1. The molecule has 0 saturated carbocycles. The van der Waals surface area contributed by atoms with Crippen LogP contribution in [0.15, 0.2) is 0 Å². The zero-order valence-electron chi connectivity index (χ0n) is 7.20. The number of aliphatic carboxylic acids is 1. The van der Waals surface area contributed by atoms with Gasteiger partial charge in [0, 0.05) is 0 Å². The van der Waals surface area contributed by atoms with Crippen molar-refractivity contribution in [2.24, 2.45) is 5.73 Å². The highest BCUT2D eigenvalue weighted by molar-refractivity contribution is 5.86. The van der Waals surface area contributed by atoms with E-state index in [1.165, 1.54) is 6.92 Å². The molecule has 0 aliphatic heterocycles. The minimum Gasteiger partial charge on any atom is -0.480 e. The van der Waals surface area contributed by atoms with Crippen LogP contribution in [0.5, 0.6) is 0 Å². The molecular weight excluding hydrogens is 160 g/mol. The van der Waals surface area contributed by atoms with E-state index in [9.17, 15) is 9.59 Å². The Hall–Kier alpha value is -1.10. The molecule has 0 bridgehead atoms. The first kappa shape index (κ1) is 10.9. The van der Waals surface area contributed by atoms with Gasteiger partial charge in [0.1, 0.15) is 6.04 Å². The normalized spacial score (nSPS) is 14.9. The maximum atomic E-state index is 10.9. The molecule has 0 radical (unpaired) electrons. The van der Waals surface area contributed by atoms with E-state index in [2.05, 4.69) is 5.32 Å². The van der Waals surface area contributed by atoms with Crippen LogP contribution in [-0.4, -0.2) is 29.1 Å². The molecule has 0 heterocycles. The Morgan fingerprint density at radius 3 is 2.33 bits per heavy atom. The van der Waals surface area contributed by atoms with Crippen LogP contribution in [0, 0.1) is 0 Å². The second-order valence-corrected chi connectivity index (χ2v) is 2.60. The van der Waals surface area contributed by atoms with Gasteiger partial charge in [0.2, 0.25) is 5.91 Å². The Bertz CT molecular complexity index is 179. The van der Waals surface area contributed by atoms with Gasteiger partial charge in [-0.05, 0) is 13.3 Å². The zero-order valence-corrected chi connectivity index (χ0v) is 7.20. The number of hydrogen-bond donors (Lipinski definition) is 3. The van der Waals surface area contributed by atoms with Gasteiger partial charge in [-0.1, -0.05) is 6.92 Å². The van der Waals surface area contributed by atoms with Crippen molar-refractivity contribution < 1.29 is 14.7 Å². The fourth-order valence-electron chi connectivity index (χ4n) is 0.642. The van der Waals surface area contributed by atoms with Crippen molar-refractivity contribution in [2.75, 3.05) is 0 Å². The third kappa shape index (κ3) is 3.34.